The highest BCUT2D eigenvalue weighted by atomic mass is 35.5. The average Bonchev–Trinajstić information content (AvgIpc) is 2.40. The van der Waals surface area contributed by atoms with Crippen molar-refractivity contribution in [2.24, 2.45) is 5.73 Å². The molecule has 0 bridgehead atoms. The van der Waals surface area contributed by atoms with E-state index in [1.807, 2.05) is 0 Å². The molecule has 110 valence electrons. The highest BCUT2D eigenvalue weighted by Gasteiger charge is 2.30. The first-order valence-corrected chi connectivity index (χ1v) is 6.45. The zero-order valence-electron chi connectivity index (χ0n) is 10.4. The number of nitrogens with zero attached hydrogens (tertiary/aromatic N) is 1. The largest absolute Gasteiger partial charge is 0.416 e. The summed E-state index contributed by atoms with van der Waals surface area (Å²) < 4.78 is 37.7. The summed E-state index contributed by atoms with van der Waals surface area (Å²) in [6.45, 7) is 0. The number of nitrogens with two attached hydrogens (primary N) is 1. The number of alkyl halides is 3. The second kappa shape index (κ2) is 5.87. The van der Waals surface area contributed by atoms with E-state index in [0.717, 1.165) is 12.1 Å². The van der Waals surface area contributed by atoms with Crippen LogP contribution < -0.4 is 11.1 Å². The molecule has 3 N–H and O–H groups in total. The van der Waals surface area contributed by atoms with Gasteiger partial charge in [-0.2, -0.15) is 13.2 Å². The summed E-state index contributed by atoms with van der Waals surface area (Å²) in [6, 6.07) is 6.27. The van der Waals surface area contributed by atoms with Gasteiger partial charge in [0.1, 0.15) is 4.99 Å². The standard InChI is InChI=1S/C13H9ClF3N3S/c14-9-5-7(13(15,16)17)1-2-10(9)20-8-3-4-19-11(6-8)12(18)21/h1-6H,(H2,18,21)(H,19,20). The Morgan fingerprint density at radius 1 is 1.24 bits per heavy atom. The predicted molar refractivity (Wildman–Crippen MR) is 79.9 cm³/mol. The summed E-state index contributed by atoms with van der Waals surface area (Å²) in [7, 11) is 0. The summed E-state index contributed by atoms with van der Waals surface area (Å²) in [5.41, 5.74) is 5.96. The third-order valence-electron chi connectivity index (χ3n) is 2.59. The topological polar surface area (TPSA) is 50.9 Å². The van der Waals surface area contributed by atoms with Gasteiger partial charge in [0.2, 0.25) is 0 Å². The molecular formula is C13H9ClF3N3S. The quantitative estimate of drug-likeness (QED) is 0.830. The lowest BCUT2D eigenvalue weighted by Crippen LogP contribution is -2.11. The molecule has 2 rings (SSSR count). The van der Waals surface area contributed by atoms with Crippen molar-refractivity contribution >= 4 is 40.2 Å². The second-order valence-electron chi connectivity index (χ2n) is 4.11. The Balaban J connectivity index is 2.28. The van der Waals surface area contributed by atoms with Crippen molar-refractivity contribution in [3.63, 3.8) is 0 Å². The fraction of sp³-hybridized carbons (Fsp3) is 0.0769. The van der Waals surface area contributed by atoms with Crippen LogP contribution in [-0.2, 0) is 6.18 Å². The lowest BCUT2D eigenvalue weighted by Gasteiger charge is -2.12. The lowest BCUT2D eigenvalue weighted by atomic mass is 10.2. The van der Waals surface area contributed by atoms with Crippen LogP contribution in [0, 0.1) is 0 Å². The van der Waals surface area contributed by atoms with Gasteiger partial charge in [-0.05, 0) is 30.3 Å². The molecule has 0 aliphatic rings. The number of hydrogen-bond donors (Lipinski definition) is 2. The van der Waals surface area contributed by atoms with Gasteiger partial charge in [-0.15, -0.1) is 0 Å². The van der Waals surface area contributed by atoms with Crippen LogP contribution >= 0.6 is 23.8 Å². The van der Waals surface area contributed by atoms with E-state index >= 15 is 0 Å². The van der Waals surface area contributed by atoms with Gasteiger partial charge in [-0.1, -0.05) is 23.8 Å². The zero-order chi connectivity index (χ0) is 15.6. The molecule has 21 heavy (non-hydrogen) atoms. The van der Waals surface area contributed by atoms with E-state index in [9.17, 15) is 13.2 Å². The predicted octanol–water partition coefficient (Wildman–Crippen LogP) is 4.13. The maximum Gasteiger partial charge on any atom is 0.416 e. The van der Waals surface area contributed by atoms with Gasteiger partial charge in [0, 0.05) is 11.9 Å². The first-order chi connectivity index (χ1) is 9.77. The maximum absolute atomic E-state index is 12.6. The number of benzene rings is 1. The van der Waals surface area contributed by atoms with E-state index in [1.165, 1.54) is 12.3 Å². The van der Waals surface area contributed by atoms with Crippen LogP contribution in [0.1, 0.15) is 11.3 Å². The van der Waals surface area contributed by atoms with Crippen LogP contribution in [0.25, 0.3) is 0 Å². The molecule has 1 aromatic carbocycles. The van der Waals surface area contributed by atoms with E-state index in [2.05, 4.69) is 10.3 Å². The third-order valence-corrected chi connectivity index (χ3v) is 3.11. The van der Waals surface area contributed by atoms with Crippen LogP contribution in [0.15, 0.2) is 36.5 Å². The van der Waals surface area contributed by atoms with Crippen LogP contribution in [-0.4, -0.2) is 9.97 Å². The Labute approximate surface area is 128 Å². The van der Waals surface area contributed by atoms with Crippen molar-refractivity contribution in [2.75, 3.05) is 5.32 Å². The van der Waals surface area contributed by atoms with E-state index in [0.29, 0.717) is 17.1 Å². The molecule has 3 nitrogen and oxygen atoms in total. The minimum Gasteiger partial charge on any atom is -0.388 e. The van der Waals surface area contributed by atoms with Crippen molar-refractivity contribution in [3.8, 4) is 0 Å². The van der Waals surface area contributed by atoms with Gasteiger partial charge in [0.05, 0.1) is 22.0 Å². The van der Waals surface area contributed by atoms with Crippen LogP contribution in [0.2, 0.25) is 5.02 Å². The van der Waals surface area contributed by atoms with Gasteiger partial charge in [0.25, 0.3) is 0 Å². The van der Waals surface area contributed by atoms with E-state index < -0.39 is 11.7 Å². The monoisotopic (exact) mass is 331 g/mol. The van der Waals surface area contributed by atoms with Crippen molar-refractivity contribution in [1.82, 2.24) is 4.98 Å². The number of aromatic nitrogens is 1. The minimum absolute atomic E-state index is 0.0430. The molecule has 0 fully saturated rings. The fourth-order valence-electron chi connectivity index (χ4n) is 1.59. The zero-order valence-corrected chi connectivity index (χ0v) is 12.0. The SMILES string of the molecule is NC(=S)c1cc(Nc2ccc(C(F)(F)F)cc2Cl)ccn1. The van der Waals surface area contributed by atoms with Gasteiger partial charge in [-0.25, -0.2) is 0 Å². The Bertz CT molecular complexity index is 689. The van der Waals surface area contributed by atoms with Gasteiger partial charge >= 0.3 is 6.18 Å². The van der Waals surface area contributed by atoms with Crippen molar-refractivity contribution in [3.05, 3.63) is 52.8 Å². The molecule has 1 heterocycles. The summed E-state index contributed by atoms with van der Waals surface area (Å²) in [5, 5.41) is 2.85. The molecule has 0 amide bonds. The number of rotatable bonds is 3. The van der Waals surface area contributed by atoms with Gasteiger partial charge in [0.15, 0.2) is 0 Å². The van der Waals surface area contributed by atoms with Gasteiger partial charge in [-0.3, -0.25) is 4.98 Å². The van der Waals surface area contributed by atoms with Gasteiger partial charge < -0.3 is 11.1 Å². The number of hydrogen-bond acceptors (Lipinski definition) is 3. The summed E-state index contributed by atoms with van der Waals surface area (Å²) in [4.78, 5) is 4.08. The number of halogens is 4. The maximum atomic E-state index is 12.6. The minimum atomic E-state index is -4.43. The van der Waals surface area contributed by atoms with Crippen LogP contribution in [0.5, 0.6) is 0 Å². The average molecular weight is 332 g/mol. The molecule has 0 aliphatic heterocycles. The van der Waals surface area contributed by atoms with Crippen molar-refractivity contribution < 1.29 is 13.2 Å². The first kappa shape index (κ1) is 15.5. The molecule has 0 radical (unpaired) electrons. The fourth-order valence-corrected chi connectivity index (χ4v) is 1.93. The summed E-state index contributed by atoms with van der Waals surface area (Å²) >= 11 is 10.7. The smallest absolute Gasteiger partial charge is 0.388 e. The lowest BCUT2D eigenvalue weighted by molar-refractivity contribution is -0.137. The molecule has 0 unspecified atom stereocenters. The number of nitrogens with one attached hydrogen (secondary N) is 1. The van der Waals surface area contributed by atoms with E-state index in [-0.39, 0.29) is 10.0 Å². The molecule has 1 aromatic heterocycles. The molecule has 0 atom stereocenters. The van der Waals surface area contributed by atoms with E-state index in [4.69, 9.17) is 29.6 Å². The first-order valence-electron chi connectivity index (χ1n) is 5.67. The van der Waals surface area contributed by atoms with Crippen LogP contribution in [0.3, 0.4) is 0 Å². The normalized spacial score (nSPS) is 11.2. The molecule has 2 aromatic rings. The second-order valence-corrected chi connectivity index (χ2v) is 4.96. The third kappa shape index (κ3) is 3.83. The van der Waals surface area contributed by atoms with Crippen molar-refractivity contribution in [1.29, 1.82) is 0 Å². The Morgan fingerprint density at radius 3 is 2.52 bits per heavy atom. The Morgan fingerprint density at radius 2 is 1.95 bits per heavy atom. The molecular weight excluding hydrogens is 323 g/mol. The number of pyridine rings is 1. The highest BCUT2D eigenvalue weighted by Crippen LogP contribution is 2.34. The number of anilines is 2. The molecule has 8 heteroatoms. The molecule has 0 saturated heterocycles. The van der Waals surface area contributed by atoms with Crippen molar-refractivity contribution in [2.45, 2.75) is 6.18 Å². The molecule has 0 spiro atoms. The molecule has 0 saturated carbocycles. The Hall–Kier alpha value is -1.86. The van der Waals surface area contributed by atoms with Crippen LogP contribution in [0.4, 0.5) is 24.5 Å². The summed E-state index contributed by atoms with van der Waals surface area (Å²) in [5.74, 6) is 0. The number of thiocarbonyl (C=S) groups is 1. The molecule has 0 aliphatic carbocycles. The Kier molecular flexibility index (Phi) is 4.34. The highest BCUT2D eigenvalue weighted by molar-refractivity contribution is 7.80. The summed E-state index contributed by atoms with van der Waals surface area (Å²) in [6.07, 6.45) is -2.95. The van der Waals surface area contributed by atoms with E-state index in [1.54, 1.807) is 12.1 Å².